The molecular formula is C22H23N3O5S2. The Labute approximate surface area is 195 Å². The maximum Gasteiger partial charge on any atom is 0.363 e. The second kappa shape index (κ2) is 10.2. The number of thiocarbonyl (C=S) groups is 1. The van der Waals surface area contributed by atoms with Gasteiger partial charge in [-0.05, 0) is 57.7 Å². The number of hydrogen-bond acceptors (Lipinski definition) is 9. The van der Waals surface area contributed by atoms with Gasteiger partial charge < -0.3 is 14.2 Å². The van der Waals surface area contributed by atoms with E-state index < -0.39 is 22.8 Å². The number of aromatic nitrogens is 2. The lowest BCUT2D eigenvalue weighted by Gasteiger charge is -2.38. The van der Waals surface area contributed by atoms with E-state index in [1.807, 2.05) is 19.9 Å². The van der Waals surface area contributed by atoms with Crippen LogP contribution in [0.2, 0.25) is 0 Å². The number of benzene rings is 1. The molecule has 1 aliphatic rings. The van der Waals surface area contributed by atoms with E-state index in [9.17, 15) is 9.59 Å². The van der Waals surface area contributed by atoms with Gasteiger partial charge in [0.15, 0.2) is 11.1 Å². The minimum atomic E-state index is -1.95. The van der Waals surface area contributed by atoms with Crippen LogP contribution < -0.4 is 0 Å². The quantitative estimate of drug-likeness (QED) is 0.340. The van der Waals surface area contributed by atoms with Crippen LogP contribution in [0.1, 0.15) is 30.8 Å². The van der Waals surface area contributed by atoms with E-state index in [0.29, 0.717) is 17.0 Å². The second-order valence-electron chi connectivity index (χ2n) is 6.83. The Hall–Kier alpha value is -2.85. The van der Waals surface area contributed by atoms with Gasteiger partial charge in [0.25, 0.3) is 4.93 Å². The number of carbonyl (C=O) groups excluding carboxylic acids is 2. The molecule has 0 aliphatic carbocycles. The summed E-state index contributed by atoms with van der Waals surface area (Å²) in [5, 5.41) is 0.238. The molecule has 0 bridgehead atoms. The molecule has 10 heteroatoms. The average molecular weight is 474 g/mol. The fourth-order valence-electron chi connectivity index (χ4n) is 3.13. The van der Waals surface area contributed by atoms with Crippen molar-refractivity contribution in [2.45, 2.75) is 37.8 Å². The minimum Gasteiger partial charge on any atom is -0.465 e. The van der Waals surface area contributed by atoms with Gasteiger partial charge in [-0.1, -0.05) is 30.4 Å². The van der Waals surface area contributed by atoms with Crippen molar-refractivity contribution in [3.63, 3.8) is 0 Å². The molecule has 0 amide bonds. The first-order valence-electron chi connectivity index (χ1n) is 10.0. The smallest absolute Gasteiger partial charge is 0.363 e. The number of esters is 2. The summed E-state index contributed by atoms with van der Waals surface area (Å²) >= 11 is 6.35. The first kappa shape index (κ1) is 23.8. The highest BCUT2D eigenvalue weighted by Gasteiger charge is 2.60. The molecule has 2 heterocycles. The fourth-order valence-corrected chi connectivity index (χ4v) is 4.78. The van der Waals surface area contributed by atoms with Gasteiger partial charge in [0.1, 0.15) is 4.99 Å². The molecule has 2 unspecified atom stereocenters. The highest BCUT2D eigenvalue weighted by atomic mass is 32.2. The van der Waals surface area contributed by atoms with Gasteiger partial charge in [0.05, 0.1) is 13.2 Å². The molecule has 2 aromatic rings. The maximum absolute atomic E-state index is 13.4. The molecule has 0 radical (unpaired) electrons. The number of aryl methyl sites for hydroxylation is 2. The van der Waals surface area contributed by atoms with E-state index in [4.69, 9.17) is 26.4 Å². The third-order valence-electron chi connectivity index (χ3n) is 4.39. The van der Waals surface area contributed by atoms with Gasteiger partial charge in [-0.15, -0.1) is 0 Å². The number of hydrogen-bond donors (Lipinski definition) is 0. The zero-order chi connectivity index (χ0) is 23.3. The Morgan fingerprint density at radius 3 is 2.31 bits per heavy atom. The van der Waals surface area contributed by atoms with Crippen LogP contribution in [-0.4, -0.2) is 50.9 Å². The van der Waals surface area contributed by atoms with Gasteiger partial charge in [0, 0.05) is 17.0 Å². The van der Waals surface area contributed by atoms with Crippen molar-refractivity contribution in [1.29, 1.82) is 0 Å². The number of aliphatic imine (C=N–C) groups is 1. The van der Waals surface area contributed by atoms with E-state index in [2.05, 4.69) is 15.0 Å². The summed E-state index contributed by atoms with van der Waals surface area (Å²) in [7, 11) is 0. The van der Waals surface area contributed by atoms with E-state index in [-0.39, 0.29) is 29.3 Å². The highest BCUT2D eigenvalue weighted by molar-refractivity contribution is 8.01. The predicted octanol–water partition coefficient (Wildman–Crippen LogP) is 3.43. The molecule has 1 aromatic carbocycles. The number of rotatable bonds is 7. The van der Waals surface area contributed by atoms with Crippen molar-refractivity contribution in [3.05, 3.63) is 53.3 Å². The summed E-state index contributed by atoms with van der Waals surface area (Å²) in [5.74, 6) is -2.77. The molecule has 8 nitrogen and oxygen atoms in total. The van der Waals surface area contributed by atoms with Crippen LogP contribution >= 0.6 is 24.0 Å². The van der Waals surface area contributed by atoms with Crippen molar-refractivity contribution in [2.75, 3.05) is 13.2 Å². The molecule has 3 rings (SSSR count). The summed E-state index contributed by atoms with van der Waals surface area (Å²) in [6, 6.07) is 10.8. The van der Waals surface area contributed by atoms with Crippen molar-refractivity contribution in [3.8, 4) is 0 Å². The molecule has 1 aliphatic heterocycles. The zero-order valence-corrected chi connectivity index (χ0v) is 19.8. The zero-order valence-electron chi connectivity index (χ0n) is 18.2. The molecule has 2 atom stereocenters. The predicted molar refractivity (Wildman–Crippen MR) is 124 cm³/mol. The van der Waals surface area contributed by atoms with Crippen molar-refractivity contribution < 1.29 is 23.8 Å². The van der Waals surface area contributed by atoms with Gasteiger partial charge in [-0.3, -0.25) is 4.79 Å². The van der Waals surface area contributed by atoms with Gasteiger partial charge >= 0.3 is 11.9 Å². The van der Waals surface area contributed by atoms with Crippen molar-refractivity contribution in [1.82, 2.24) is 9.97 Å². The molecule has 32 heavy (non-hydrogen) atoms. The lowest BCUT2D eigenvalue weighted by Crippen LogP contribution is -2.56. The Kier molecular flexibility index (Phi) is 7.57. The molecular weight excluding hydrogens is 450 g/mol. The van der Waals surface area contributed by atoms with Crippen LogP contribution in [0.15, 0.2) is 46.5 Å². The summed E-state index contributed by atoms with van der Waals surface area (Å²) in [4.78, 5) is 37.5. The monoisotopic (exact) mass is 473 g/mol. The van der Waals surface area contributed by atoms with Gasteiger partial charge in [0.2, 0.25) is 5.90 Å². The van der Waals surface area contributed by atoms with Crippen LogP contribution in [0.3, 0.4) is 0 Å². The Bertz CT molecular complexity index is 1040. The van der Waals surface area contributed by atoms with Crippen LogP contribution in [-0.2, 0) is 23.8 Å². The largest absolute Gasteiger partial charge is 0.465 e. The van der Waals surface area contributed by atoms with Crippen molar-refractivity contribution >= 4 is 46.8 Å². The first-order valence-corrected chi connectivity index (χ1v) is 11.2. The van der Waals surface area contributed by atoms with E-state index in [0.717, 1.165) is 11.8 Å². The minimum absolute atomic E-state index is 0.0431. The molecule has 0 N–H and O–H groups in total. The fraction of sp³-hybridized carbons (Fsp3) is 0.364. The molecule has 0 saturated heterocycles. The molecule has 168 valence electrons. The topological polar surface area (TPSA) is 100.0 Å². The normalized spacial score (nSPS) is 20.2. The number of carbonyl (C=O) groups is 2. The van der Waals surface area contributed by atoms with E-state index in [1.165, 1.54) is 0 Å². The maximum atomic E-state index is 13.4. The standard InChI is InChI=1S/C22H23N3O5S2/c1-5-28-19(26)16-18(31)25-17(15-10-8-7-9-11-15)30-22(16,20(27)29-6-2)32-21-23-13(3)12-14(4)24-21/h7-12,16H,5-6H2,1-4H3. The van der Waals surface area contributed by atoms with Crippen LogP contribution in [0, 0.1) is 19.8 Å². The molecule has 0 spiro atoms. The third-order valence-corrected chi connectivity index (χ3v) is 5.88. The average Bonchev–Trinajstić information content (AvgIpc) is 2.73. The van der Waals surface area contributed by atoms with Crippen LogP contribution in [0.5, 0.6) is 0 Å². The first-order chi connectivity index (χ1) is 15.3. The number of ether oxygens (including phenoxy) is 3. The van der Waals surface area contributed by atoms with Gasteiger partial charge in [-0.25, -0.2) is 19.8 Å². The van der Waals surface area contributed by atoms with E-state index >= 15 is 0 Å². The molecule has 1 aromatic heterocycles. The van der Waals surface area contributed by atoms with E-state index in [1.54, 1.807) is 44.2 Å². The lowest BCUT2D eigenvalue weighted by atomic mass is 9.99. The number of nitrogens with zero attached hydrogens (tertiary/aromatic N) is 3. The Morgan fingerprint density at radius 2 is 1.72 bits per heavy atom. The molecule has 0 fully saturated rings. The highest BCUT2D eigenvalue weighted by Crippen LogP contribution is 2.44. The van der Waals surface area contributed by atoms with Crippen LogP contribution in [0.25, 0.3) is 0 Å². The van der Waals surface area contributed by atoms with Crippen LogP contribution in [0.4, 0.5) is 0 Å². The summed E-state index contributed by atoms with van der Waals surface area (Å²) < 4.78 is 16.7. The molecule has 0 saturated carbocycles. The summed E-state index contributed by atoms with van der Waals surface area (Å²) in [6.45, 7) is 7.10. The summed E-state index contributed by atoms with van der Waals surface area (Å²) in [5.41, 5.74) is 1.98. The second-order valence-corrected chi connectivity index (χ2v) is 8.43. The third kappa shape index (κ3) is 4.97. The Morgan fingerprint density at radius 1 is 1.09 bits per heavy atom. The Balaban J connectivity index is 2.19. The van der Waals surface area contributed by atoms with Gasteiger partial charge in [-0.2, -0.15) is 0 Å². The van der Waals surface area contributed by atoms with Crippen molar-refractivity contribution in [2.24, 2.45) is 10.9 Å². The SMILES string of the molecule is CCOC(=O)C1C(=S)N=C(c2ccccc2)OC1(Sc1nc(C)cc(C)n1)C(=O)OCC. The lowest BCUT2D eigenvalue weighted by molar-refractivity contribution is -0.165. The summed E-state index contributed by atoms with van der Waals surface area (Å²) in [6.07, 6.45) is 0. The number of thioether (sulfide) groups is 1.